The summed E-state index contributed by atoms with van der Waals surface area (Å²) >= 11 is 0. The number of carbonyl (C=O) groups is 1. The Balaban J connectivity index is 2.03. The summed E-state index contributed by atoms with van der Waals surface area (Å²) in [4.78, 5) is 11.6. The van der Waals surface area contributed by atoms with Gasteiger partial charge in [-0.2, -0.15) is 0 Å². The molecule has 0 aliphatic heterocycles. The van der Waals surface area contributed by atoms with Gasteiger partial charge in [-0.3, -0.25) is 4.79 Å². The van der Waals surface area contributed by atoms with E-state index in [0.717, 1.165) is 29.3 Å². The Morgan fingerprint density at radius 3 is 2.25 bits per heavy atom. The molecule has 0 bridgehead atoms. The lowest BCUT2D eigenvalue weighted by atomic mass is 10.1. The molecule has 0 saturated heterocycles. The first-order chi connectivity index (χ1) is 9.52. The zero-order valence-corrected chi connectivity index (χ0v) is 10.9. The molecule has 0 spiro atoms. The van der Waals surface area contributed by atoms with Crippen molar-refractivity contribution in [1.29, 1.82) is 0 Å². The van der Waals surface area contributed by atoms with Crippen LogP contribution in [0.15, 0.2) is 48.5 Å². The number of aryl methyl sites for hydroxylation is 1. The van der Waals surface area contributed by atoms with Gasteiger partial charge in [0.1, 0.15) is 11.6 Å². The molecular formula is C16H13F2NO. The van der Waals surface area contributed by atoms with Gasteiger partial charge in [0.25, 0.3) is 0 Å². The van der Waals surface area contributed by atoms with Crippen LogP contribution in [0.1, 0.15) is 11.1 Å². The highest BCUT2D eigenvalue weighted by Crippen LogP contribution is 2.13. The van der Waals surface area contributed by atoms with Crippen LogP contribution in [-0.4, -0.2) is 5.91 Å². The fourth-order valence-electron chi connectivity index (χ4n) is 1.66. The second-order valence-electron chi connectivity index (χ2n) is 4.39. The Hall–Kier alpha value is -2.49. The van der Waals surface area contributed by atoms with Crippen molar-refractivity contribution in [3.05, 3.63) is 71.3 Å². The van der Waals surface area contributed by atoms with E-state index in [-0.39, 0.29) is 5.69 Å². The third-order valence-electron chi connectivity index (χ3n) is 2.63. The SMILES string of the molecule is Cc1ccc(/C=C/C(=O)Nc2cc(F)cc(F)c2)cc1. The summed E-state index contributed by atoms with van der Waals surface area (Å²) < 4.78 is 25.9. The van der Waals surface area contributed by atoms with Crippen LogP contribution in [0.3, 0.4) is 0 Å². The Bertz CT molecular complexity index is 628. The molecule has 1 amide bonds. The second-order valence-corrected chi connectivity index (χ2v) is 4.39. The molecule has 2 aromatic rings. The summed E-state index contributed by atoms with van der Waals surface area (Å²) in [6, 6.07) is 10.5. The first-order valence-electron chi connectivity index (χ1n) is 6.05. The number of benzene rings is 2. The largest absolute Gasteiger partial charge is 0.322 e. The van der Waals surface area contributed by atoms with E-state index in [1.54, 1.807) is 6.08 Å². The highest BCUT2D eigenvalue weighted by atomic mass is 19.1. The summed E-state index contributed by atoms with van der Waals surface area (Å²) in [7, 11) is 0. The quantitative estimate of drug-likeness (QED) is 0.844. The molecule has 0 aromatic heterocycles. The highest BCUT2D eigenvalue weighted by Gasteiger charge is 2.02. The van der Waals surface area contributed by atoms with Crippen LogP contribution in [0.25, 0.3) is 6.08 Å². The van der Waals surface area contributed by atoms with Gasteiger partial charge >= 0.3 is 0 Å². The minimum atomic E-state index is -0.734. The van der Waals surface area contributed by atoms with Crippen LogP contribution in [0.4, 0.5) is 14.5 Å². The number of anilines is 1. The van der Waals surface area contributed by atoms with Crippen LogP contribution in [-0.2, 0) is 4.79 Å². The van der Waals surface area contributed by atoms with Gasteiger partial charge in [-0.1, -0.05) is 29.8 Å². The molecular weight excluding hydrogens is 260 g/mol. The van der Waals surface area contributed by atoms with Crippen LogP contribution in [0.2, 0.25) is 0 Å². The summed E-state index contributed by atoms with van der Waals surface area (Å²) in [5.74, 6) is -1.92. The van der Waals surface area contributed by atoms with Crippen molar-refractivity contribution in [2.75, 3.05) is 5.32 Å². The van der Waals surface area contributed by atoms with Crippen molar-refractivity contribution in [2.45, 2.75) is 6.92 Å². The van der Waals surface area contributed by atoms with Crippen molar-refractivity contribution < 1.29 is 13.6 Å². The Kier molecular flexibility index (Phi) is 4.25. The minimum absolute atomic E-state index is 0.0843. The molecule has 102 valence electrons. The van der Waals surface area contributed by atoms with Crippen LogP contribution in [0, 0.1) is 18.6 Å². The smallest absolute Gasteiger partial charge is 0.248 e. The number of nitrogens with one attached hydrogen (secondary N) is 1. The summed E-state index contributed by atoms with van der Waals surface area (Å²) in [5, 5.41) is 2.40. The van der Waals surface area contributed by atoms with Crippen LogP contribution >= 0.6 is 0 Å². The number of hydrogen-bond donors (Lipinski definition) is 1. The highest BCUT2D eigenvalue weighted by molar-refractivity contribution is 6.01. The Morgan fingerprint density at radius 2 is 1.65 bits per heavy atom. The fraction of sp³-hybridized carbons (Fsp3) is 0.0625. The molecule has 4 heteroatoms. The fourth-order valence-corrected chi connectivity index (χ4v) is 1.66. The standard InChI is InChI=1S/C16H13F2NO/c1-11-2-4-12(5-3-11)6-7-16(20)19-15-9-13(17)8-14(18)10-15/h2-10H,1H3,(H,19,20)/b7-6+. The maximum Gasteiger partial charge on any atom is 0.248 e. The van der Waals surface area contributed by atoms with Gasteiger partial charge < -0.3 is 5.32 Å². The van der Waals surface area contributed by atoms with Crippen molar-refractivity contribution in [3.8, 4) is 0 Å². The molecule has 2 aromatic carbocycles. The van der Waals surface area contributed by atoms with Crippen molar-refractivity contribution in [3.63, 3.8) is 0 Å². The normalized spacial score (nSPS) is 10.8. The first-order valence-corrected chi connectivity index (χ1v) is 6.05. The molecule has 0 saturated carbocycles. The average Bonchev–Trinajstić information content (AvgIpc) is 2.37. The number of amides is 1. The van der Waals surface area contributed by atoms with E-state index >= 15 is 0 Å². The summed E-state index contributed by atoms with van der Waals surface area (Å²) in [6.45, 7) is 1.97. The van der Waals surface area contributed by atoms with E-state index in [0.29, 0.717) is 0 Å². The van der Waals surface area contributed by atoms with E-state index in [1.165, 1.54) is 6.08 Å². The van der Waals surface area contributed by atoms with E-state index in [9.17, 15) is 13.6 Å². The molecule has 2 rings (SSSR count). The lowest BCUT2D eigenvalue weighted by Gasteiger charge is -2.02. The molecule has 1 N–H and O–H groups in total. The lowest BCUT2D eigenvalue weighted by Crippen LogP contribution is -2.08. The monoisotopic (exact) mass is 273 g/mol. The third-order valence-corrected chi connectivity index (χ3v) is 2.63. The van der Waals surface area contributed by atoms with Crippen molar-refractivity contribution in [1.82, 2.24) is 0 Å². The minimum Gasteiger partial charge on any atom is -0.322 e. The van der Waals surface area contributed by atoms with E-state index < -0.39 is 17.5 Å². The number of hydrogen-bond acceptors (Lipinski definition) is 1. The molecule has 20 heavy (non-hydrogen) atoms. The number of halogens is 2. The van der Waals surface area contributed by atoms with Gasteiger partial charge in [0.05, 0.1) is 0 Å². The predicted octanol–water partition coefficient (Wildman–Crippen LogP) is 3.93. The Labute approximate surface area is 115 Å². The molecule has 0 heterocycles. The van der Waals surface area contributed by atoms with Gasteiger partial charge in [-0.15, -0.1) is 0 Å². The number of carbonyl (C=O) groups excluding carboxylic acids is 1. The molecule has 0 aliphatic carbocycles. The van der Waals surface area contributed by atoms with Crippen molar-refractivity contribution >= 4 is 17.7 Å². The average molecular weight is 273 g/mol. The van der Waals surface area contributed by atoms with Gasteiger partial charge in [0.2, 0.25) is 5.91 Å². The zero-order chi connectivity index (χ0) is 14.5. The number of rotatable bonds is 3. The molecule has 0 radical (unpaired) electrons. The van der Waals surface area contributed by atoms with E-state index in [1.807, 2.05) is 31.2 Å². The van der Waals surface area contributed by atoms with Gasteiger partial charge in [-0.25, -0.2) is 8.78 Å². The second kappa shape index (κ2) is 6.10. The van der Waals surface area contributed by atoms with Gasteiger partial charge in [-0.05, 0) is 30.7 Å². The zero-order valence-electron chi connectivity index (χ0n) is 10.9. The molecule has 0 aliphatic rings. The van der Waals surface area contributed by atoms with Gasteiger partial charge in [0, 0.05) is 17.8 Å². The van der Waals surface area contributed by atoms with E-state index in [4.69, 9.17) is 0 Å². The molecule has 2 nitrogen and oxygen atoms in total. The summed E-state index contributed by atoms with van der Waals surface area (Å²) in [5.41, 5.74) is 2.08. The first kappa shape index (κ1) is 13.9. The van der Waals surface area contributed by atoms with E-state index in [2.05, 4.69) is 5.32 Å². The van der Waals surface area contributed by atoms with Crippen molar-refractivity contribution in [2.24, 2.45) is 0 Å². The van der Waals surface area contributed by atoms with Crippen LogP contribution < -0.4 is 5.32 Å². The van der Waals surface area contributed by atoms with Crippen LogP contribution in [0.5, 0.6) is 0 Å². The Morgan fingerprint density at radius 1 is 1.05 bits per heavy atom. The molecule has 0 fully saturated rings. The maximum atomic E-state index is 13.0. The topological polar surface area (TPSA) is 29.1 Å². The molecule has 0 atom stereocenters. The summed E-state index contributed by atoms with van der Waals surface area (Å²) in [6.07, 6.45) is 2.94. The lowest BCUT2D eigenvalue weighted by molar-refractivity contribution is -0.111. The third kappa shape index (κ3) is 4.02. The van der Waals surface area contributed by atoms with Gasteiger partial charge in [0.15, 0.2) is 0 Å². The maximum absolute atomic E-state index is 13.0. The predicted molar refractivity (Wildman–Crippen MR) is 75.2 cm³/mol. The molecule has 0 unspecified atom stereocenters.